The van der Waals surface area contributed by atoms with Crippen molar-refractivity contribution in [2.24, 2.45) is 0 Å². The van der Waals surface area contributed by atoms with E-state index in [9.17, 15) is 13.6 Å². The predicted molar refractivity (Wildman–Crippen MR) is 43.7 cm³/mol. The van der Waals surface area contributed by atoms with Gasteiger partial charge in [0.1, 0.15) is 11.5 Å². The molecule has 1 aromatic heterocycles. The molecule has 0 unspecified atom stereocenters. The highest BCUT2D eigenvalue weighted by Gasteiger charge is 2.20. The molecule has 0 fully saturated rings. The minimum Gasteiger partial charge on any atom is -0.361 e. The third-order valence-corrected chi connectivity index (χ3v) is 1.64. The molecule has 0 aliphatic carbocycles. The molecule has 0 aliphatic rings. The van der Waals surface area contributed by atoms with Crippen molar-refractivity contribution in [3.63, 3.8) is 0 Å². The Morgan fingerprint density at radius 1 is 1.71 bits per heavy atom. The molecule has 0 aromatic carbocycles. The number of hydrogen-bond acceptors (Lipinski definition) is 3. The largest absolute Gasteiger partial charge is 0.361 e. The molecule has 0 atom stereocenters. The zero-order chi connectivity index (χ0) is 10.7. The van der Waals surface area contributed by atoms with Crippen molar-refractivity contribution < 1.29 is 18.1 Å². The van der Waals surface area contributed by atoms with E-state index < -0.39 is 12.3 Å². The fraction of sp³-hybridized carbons (Fsp3) is 0.500. The molecule has 4 nitrogen and oxygen atoms in total. The molecule has 14 heavy (non-hydrogen) atoms. The molecule has 1 aromatic rings. The van der Waals surface area contributed by atoms with Crippen LogP contribution in [0.4, 0.5) is 8.78 Å². The molecule has 0 aliphatic heterocycles. The zero-order valence-electron chi connectivity index (χ0n) is 7.83. The standard InChI is InChI=1S/C8H10F2N2O2/c1-5-3-6(11-14-5)4-12(2)8(13)7(9)10/h3,7H,4H2,1-2H3. The van der Waals surface area contributed by atoms with Gasteiger partial charge in [0, 0.05) is 13.1 Å². The van der Waals surface area contributed by atoms with Crippen molar-refractivity contribution in [3.8, 4) is 0 Å². The highest BCUT2D eigenvalue weighted by atomic mass is 19.3. The van der Waals surface area contributed by atoms with Gasteiger partial charge in [0.25, 0.3) is 5.91 Å². The lowest BCUT2D eigenvalue weighted by atomic mass is 10.3. The lowest BCUT2D eigenvalue weighted by Crippen LogP contribution is -2.31. The summed E-state index contributed by atoms with van der Waals surface area (Å²) in [5.41, 5.74) is 0.457. The van der Waals surface area contributed by atoms with Gasteiger partial charge in [-0.05, 0) is 6.92 Å². The summed E-state index contributed by atoms with van der Waals surface area (Å²) in [5.74, 6) is -0.636. The highest BCUT2D eigenvalue weighted by Crippen LogP contribution is 2.06. The molecule has 0 saturated heterocycles. The van der Waals surface area contributed by atoms with E-state index in [1.165, 1.54) is 7.05 Å². The number of aromatic nitrogens is 1. The molecule has 1 rings (SSSR count). The maximum absolute atomic E-state index is 12.0. The van der Waals surface area contributed by atoms with Gasteiger partial charge in [-0.1, -0.05) is 5.16 Å². The average molecular weight is 204 g/mol. The molecule has 0 radical (unpaired) electrons. The van der Waals surface area contributed by atoms with Gasteiger partial charge in [-0.15, -0.1) is 0 Å². The predicted octanol–water partition coefficient (Wildman–Crippen LogP) is 1.21. The van der Waals surface area contributed by atoms with E-state index in [4.69, 9.17) is 4.52 Å². The number of rotatable bonds is 3. The van der Waals surface area contributed by atoms with Crippen molar-refractivity contribution in [1.82, 2.24) is 10.1 Å². The number of halogens is 2. The molecule has 6 heteroatoms. The van der Waals surface area contributed by atoms with Gasteiger partial charge in [-0.2, -0.15) is 8.78 Å². The minimum atomic E-state index is -2.98. The highest BCUT2D eigenvalue weighted by molar-refractivity contribution is 5.78. The van der Waals surface area contributed by atoms with Gasteiger partial charge < -0.3 is 9.42 Å². The summed E-state index contributed by atoms with van der Waals surface area (Å²) in [7, 11) is 1.29. The number of nitrogens with zero attached hydrogens (tertiary/aromatic N) is 2. The first-order valence-corrected chi connectivity index (χ1v) is 3.96. The van der Waals surface area contributed by atoms with Gasteiger partial charge >= 0.3 is 6.43 Å². The van der Waals surface area contributed by atoms with Crippen LogP contribution >= 0.6 is 0 Å². The SMILES string of the molecule is Cc1cc(CN(C)C(=O)C(F)F)no1. The molecule has 0 saturated carbocycles. The molecular formula is C8H10F2N2O2. The van der Waals surface area contributed by atoms with Crippen molar-refractivity contribution in [2.45, 2.75) is 19.9 Å². The van der Waals surface area contributed by atoms with Gasteiger partial charge in [0.05, 0.1) is 6.54 Å². The van der Waals surface area contributed by atoms with Crippen molar-refractivity contribution >= 4 is 5.91 Å². The van der Waals surface area contributed by atoms with Crippen LogP contribution in [0.5, 0.6) is 0 Å². The Morgan fingerprint density at radius 2 is 2.36 bits per heavy atom. The fourth-order valence-corrected chi connectivity index (χ4v) is 0.980. The number of carbonyl (C=O) groups excluding carboxylic acids is 1. The summed E-state index contributed by atoms with van der Waals surface area (Å²) in [5, 5.41) is 3.58. The van der Waals surface area contributed by atoms with Crippen LogP contribution in [0, 0.1) is 6.92 Å². The Bertz CT molecular complexity index is 325. The van der Waals surface area contributed by atoms with Crippen LogP contribution in [0.25, 0.3) is 0 Å². The summed E-state index contributed by atoms with van der Waals surface area (Å²) in [6, 6.07) is 1.59. The van der Waals surface area contributed by atoms with E-state index in [-0.39, 0.29) is 6.54 Å². The normalized spacial score (nSPS) is 10.6. The number of amides is 1. The summed E-state index contributed by atoms with van der Waals surface area (Å²) in [6.07, 6.45) is -2.98. The first-order valence-electron chi connectivity index (χ1n) is 3.96. The first kappa shape index (κ1) is 10.6. The second-order valence-electron chi connectivity index (χ2n) is 2.92. The summed E-state index contributed by atoms with van der Waals surface area (Å²) in [4.78, 5) is 11.7. The average Bonchev–Trinajstić information content (AvgIpc) is 2.49. The van der Waals surface area contributed by atoms with Crippen LogP contribution in [0.15, 0.2) is 10.6 Å². The van der Waals surface area contributed by atoms with Crippen molar-refractivity contribution in [3.05, 3.63) is 17.5 Å². The molecule has 0 spiro atoms. The number of aryl methyl sites for hydroxylation is 1. The van der Waals surface area contributed by atoms with Crippen LogP contribution in [0.2, 0.25) is 0 Å². The number of alkyl halides is 2. The smallest absolute Gasteiger partial charge is 0.315 e. The number of carbonyl (C=O) groups is 1. The molecule has 0 bridgehead atoms. The maximum atomic E-state index is 12.0. The molecule has 0 N–H and O–H groups in total. The first-order chi connectivity index (χ1) is 6.50. The van der Waals surface area contributed by atoms with Crippen molar-refractivity contribution in [1.29, 1.82) is 0 Å². The van der Waals surface area contributed by atoms with E-state index >= 15 is 0 Å². The summed E-state index contributed by atoms with van der Waals surface area (Å²) >= 11 is 0. The van der Waals surface area contributed by atoms with Gasteiger partial charge in [0.15, 0.2) is 0 Å². The lowest BCUT2D eigenvalue weighted by Gasteiger charge is -2.14. The lowest BCUT2D eigenvalue weighted by molar-refractivity contribution is -0.142. The maximum Gasteiger partial charge on any atom is 0.315 e. The second kappa shape index (κ2) is 4.17. The van der Waals surface area contributed by atoms with Gasteiger partial charge in [-0.3, -0.25) is 4.79 Å². The Morgan fingerprint density at radius 3 is 2.79 bits per heavy atom. The minimum absolute atomic E-state index is 0.0283. The number of hydrogen-bond donors (Lipinski definition) is 0. The van der Waals surface area contributed by atoms with Crippen LogP contribution in [-0.4, -0.2) is 29.4 Å². The fourth-order valence-electron chi connectivity index (χ4n) is 0.980. The topological polar surface area (TPSA) is 46.3 Å². The third-order valence-electron chi connectivity index (χ3n) is 1.64. The Balaban J connectivity index is 2.57. The van der Waals surface area contributed by atoms with Crippen LogP contribution in [-0.2, 0) is 11.3 Å². The van der Waals surface area contributed by atoms with Crippen LogP contribution < -0.4 is 0 Å². The van der Waals surface area contributed by atoms with E-state index in [1.807, 2.05) is 0 Å². The zero-order valence-corrected chi connectivity index (χ0v) is 7.83. The molecule has 1 heterocycles. The molecular weight excluding hydrogens is 194 g/mol. The monoisotopic (exact) mass is 204 g/mol. The third kappa shape index (κ3) is 2.51. The quantitative estimate of drug-likeness (QED) is 0.743. The van der Waals surface area contributed by atoms with E-state index in [1.54, 1.807) is 13.0 Å². The van der Waals surface area contributed by atoms with Gasteiger partial charge in [-0.25, -0.2) is 0 Å². The van der Waals surface area contributed by atoms with E-state index in [0.29, 0.717) is 11.5 Å². The summed E-state index contributed by atoms with van der Waals surface area (Å²) in [6.45, 7) is 1.71. The Hall–Kier alpha value is -1.46. The second-order valence-corrected chi connectivity index (χ2v) is 2.92. The Kier molecular flexibility index (Phi) is 3.16. The Labute approximate surface area is 79.5 Å². The van der Waals surface area contributed by atoms with Crippen LogP contribution in [0.1, 0.15) is 11.5 Å². The van der Waals surface area contributed by atoms with Crippen LogP contribution in [0.3, 0.4) is 0 Å². The molecule has 78 valence electrons. The summed E-state index contributed by atoms with van der Waals surface area (Å²) < 4.78 is 28.6. The van der Waals surface area contributed by atoms with Crippen molar-refractivity contribution in [2.75, 3.05) is 7.05 Å². The van der Waals surface area contributed by atoms with E-state index in [0.717, 1.165) is 4.90 Å². The molecule has 1 amide bonds. The van der Waals surface area contributed by atoms with Gasteiger partial charge in [0.2, 0.25) is 0 Å². The van der Waals surface area contributed by atoms with E-state index in [2.05, 4.69) is 5.16 Å².